The lowest BCUT2D eigenvalue weighted by Gasteiger charge is -2.42. The first-order valence-corrected chi connectivity index (χ1v) is 12.7. The topological polar surface area (TPSA) is 251 Å². The number of phenolic OH excluding ortho intramolecular Hbond substituents is 3. The SMILES string of the molecule is C[C@H]1O[C@@H](c2c(O)c([C@@H]3O[C@H](CO)[C@@H](O)[C@H](O)[C@H]3O)c(O)c3c(=O)cc(-c4ccc(O)cc4)oc23)[C@H](O)[C@@H](O)[C@@H]1O. The Labute approximate surface area is 231 Å². The van der Waals surface area contributed by atoms with Gasteiger partial charge in [-0.15, -0.1) is 0 Å². The molecule has 0 spiro atoms. The number of aromatic hydroxyl groups is 3. The van der Waals surface area contributed by atoms with Crippen molar-refractivity contribution in [2.75, 3.05) is 6.61 Å². The molecule has 2 fully saturated rings. The van der Waals surface area contributed by atoms with Crippen molar-refractivity contribution in [1.82, 2.24) is 0 Å². The van der Waals surface area contributed by atoms with Gasteiger partial charge in [0.25, 0.3) is 0 Å². The van der Waals surface area contributed by atoms with Crippen molar-refractivity contribution in [1.29, 1.82) is 0 Å². The summed E-state index contributed by atoms with van der Waals surface area (Å²) in [6.45, 7) is 0.552. The van der Waals surface area contributed by atoms with E-state index < -0.39 is 107 Å². The Kier molecular flexibility index (Phi) is 7.71. The smallest absolute Gasteiger partial charge is 0.197 e. The van der Waals surface area contributed by atoms with E-state index in [1.807, 2.05) is 0 Å². The Bertz CT molecular complexity index is 1480. The minimum absolute atomic E-state index is 0.0719. The lowest BCUT2D eigenvalue weighted by molar-refractivity contribution is -0.232. The average molecular weight is 579 g/mol. The molecule has 2 aliphatic rings. The number of ether oxygens (including phenoxy) is 2. The van der Waals surface area contributed by atoms with Crippen molar-refractivity contribution in [3.63, 3.8) is 0 Å². The van der Waals surface area contributed by atoms with E-state index in [0.717, 1.165) is 6.07 Å². The van der Waals surface area contributed by atoms with Gasteiger partial charge in [-0.3, -0.25) is 4.79 Å². The van der Waals surface area contributed by atoms with Gasteiger partial charge in [0, 0.05) is 11.6 Å². The average Bonchev–Trinajstić information content (AvgIpc) is 2.94. The molecule has 3 heterocycles. The highest BCUT2D eigenvalue weighted by atomic mass is 16.5. The Balaban J connectivity index is 1.81. The molecule has 0 unspecified atom stereocenters. The predicted molar refractivity (Wildman–Crippen MR) is 137 cm³/mol. The molecule has 0 amide bonds. The molecule has 5 rings (SSSR count). The van der Waals surface area contributed by atoms with Crippen molar-refractivity contribution < 1.29 is 65.0 Å². The zero-order valence-corrected chi connectivity index (χ0v) is 21.5. The van der Waals surface area contributed by atoms with Crippen LogP contribution in [0.3, 0.4) is 0 Å². The van der Waals surface area contributed by atoms with Crippen molar-refractivity contribution >= 4 is 11.0 Å². The highest BCUT2D eigenvalue weighted by molar-refractivity contribution is 5.92. The van der Waals surface area contributed by atoms with Crippen LogP contribution in [0.25, 0.3) is 22.3 Å². The molecule has 1 aromatic heterocycles. The highest BCUT2D eigenvalue weighted by Gasteiger charge is 2.49. The number of rotatable bonds is 4. The number of hydrogen-bond donors (Lipinski definition) is 10. The van der Waals surface area contributed by atoms with Gasteiger partial charge in [0.05, 0.1) is 23.8 Å². The molecular weight excluding hydrogens is 548 g/mol. The Morgan fingerprint density at radius 1 is 0.732 bits per heavy atom. The van der Waals surface area contributed by atoms with Gasteiger partial charge >= 0.3 is 0 Å². The molecular formula is C27H30O14. The molecule has 14 heteroatoms. The maximum atomic E-state index is 13.4. The molecule has 2 aliphatic heterocycles. The van der Waals surface area contributed by atoms with Crippen LogP contribution >= 0.6 is 0 Å². The summed E-state index contributed by atoms with van der Waals surface area (Å²) in [7, 11) is 0. The second-order valence-electron chi connectivity index (χ2n) is 10.2. The van der Waals surface area contributed by atoms with Crippen LogP contribution < -0.4 is 5.43 Å². The van der Waals surface area contributed by atoms with Crippen molar-refractivity contribution in [2.24, 2.45) is 0 Å². The number of benzene rings is 2. The first-order chi connectivity index (χ1) is 19.4. The normalized spacial score (nSPS) is 34.1. The van der Waals surface area contributed by atoms with E-state index in [-0.39, 0.29) is 11.5 Å². The number of phenols is 3. The maximum Gasteiger partial charge on any atom is 0.197 e. The van der Waals surface area contributed by atoms with Crippen molar-refractivity contribution in [3.05, 3.63) is 51.7 Å². The number of fused-ring (bicyclic) bond motifs is 1. The third-order valence-corrected chi connectivity index (χ3v) is 7.66. The van der Waals surface area contributed by atoms with Crippen molar-refractivity contribution in [3.8, 4) is 28.6 Å². The van der Waals surface area contributed by atoms with Crippen LogP contribution in [0, 0.1) is 0 Å². The van der Waals surface area contributed by atoms with E-state index >= 15 is 0 Å². The molecule has 2 saturated heterocycles. The van der Waals surface area contributed by atoms with Gasteiger partial charge in [0.1, 0.15) is 83.3 Å². The fraction of sp³-hybridized carbons (Fsp3) is 0.444. The minimum Gasteiger partial charge on any atom is -0.508 e. The largest absolute Gasteiger partial charge is 0.508 e. The number of hydrogen-bond acceptors (Lipinski definition) is 14. The van der Waals surface area contributed by atoms with E-state index in [4.69, 9.17) is 13.9 Å². The monoisotopic (exact) mass is 578 g/mol. The number of aliphatic hydroxyl groups is 7. The molecule has 0 bridgehead atoms. The van der Waals surface area contributed by atoms with Crippen LogP contribution in [-0.4, -0.2) is 107 Å². The molecule has 10 atom stereocenters. The van der Waals surface area contributed by atoms with Gasteiger partial charge < -0.3 is 65.0 Å². The van der Waals surface area contributed by atoms with Gasteiger partial charge in [-0.25, -0.2) is 0 Å². The summed E-state index contributed by atoms with van der Waals surface area (Å²) in [5, 5.41) is 104. The molecule has 41 heavy (non-hydrogen) atoms. The van der Waals surface area contributed by atoms with Crippen LogP contribution in [0.4, 0.5) is 0 Å². The fourth-order valence-electron chi connectivity index (χ4n) is 5.34. The van der Waals surface area contributed by atoms with Crippen LogP contribution in [0.5, 0.6) is 17.2 Å². The van der Waals surface area contributed by atoms with E-state index in [1.54, 1.807) is 0 Å². The third-order valence-electron chi connectivity index (χ3n) is 7.66. The minimum atomic E-state index is -1.98. The Morgan fingerprint density at radius 2 is 1.32 bits per heavy atom. The standard InChI is InChI=1S/C27H30O14/c1-8-17(31)21(35)23(37)27(39-8)16-20(34)15(26-24(38)22(36)18(32)13(7-28)41-26)19(33)14-11(30)6-12(40-25(14)16)9-2-4-10(29)5-3-9/h2-6,8,13,17-18,21-24,26-29,31-38H,7H2,1H3/t8-,13-,17-,18-,21+,22+,23-,24-,26+,27+/m1/s1. The molecule has 2 aromatic carbocycles. The molecule has 3 aromatic rings. The van der Waals surface area contributed by atoms with E-state index in [0.29, 0.717) is 5.56 Å². The number of aliphatic hydroxyl groups excluding tert-OH is 7. The summed E-state index contributed by atoms with van der Waals surface area (Å²) in [6, 6.07) is 6.51. The van der Waals surface area contributed by atoms with Crippen LogP contribution in [0.1, 0.15) is 30.3 Å². The lowest BCUT2D eigenvalue weighted by atomic mass is 9.85. The Morgan fingerprint density at radius 3 is 1.93 bits per heavy atom. The summed E-state index contributed by atoms with van der Waals surface area (Å²) < 4.78 is 17.2. The van der Waals surface area contributed by atoms with Crippen molar-refractivity contribution in [2.45, 2.75) is 68.0 Å². The summed E-state index contributed by atoms with van der Waals surface area (Å²) in [6.07, 6.45) is -16.9. The van der Waals surface area contributed by atoms with Crippen LogP contribution in [0.2, 0.25) is 0 Å². The summed E-state index contributed by atoms with van der Waals surface area (Å²) in [4.78, 5) is 13.4. The molecule has 222 valence electrons. The molecule has 10 N–H and O–H groups in total. The Hall–Kier alpha value is -3.31. The van der Waals surface area contributed by atoms with E-state index in [2.05, 4.69) is 0 Å². The third kappa shape index (κ3) is 4.72. The van der Waals surface area contributed by atoms with E-state index in [9.17, 15) is 55.9 Å². The molecule has 0 radical (unpaired) electrons. The quantitative estimate of drug-likeness (QED) is 0.172. The summed E-state index contributed by atoms with van der Waals surface area (Å²) in [5.41, 5.74) is -2.16. The van der Waals surface area contributed by atoms with E-state index in [1.165, 1.54) is 31.2 Å². The van der Waals surface area contributed by atoms with Gasteiger partial charge in [-0.2, -0.15) is 0 Å². The first-order valence-electron chi connectivity index (χ1n) is 12.7. The van der Waals surface area contributed by atoms with Gasteiger partial charge in [-0.1, -0.05) is 0 Å². The summed E-state index contributed by atoms with van der Waals surface area (Å²) in [5.74, 6) is -2.01. The summed E-state index contributed by atoms with van der Waals surface area (Å²) >= 11 is 0. The van der Waals surface area contributed by atoms with Crippen LogP contribution in [-0.2, 0) is 9.47 Å². The van der Waals surface area contributed by atoms with Gasteiger partial charge in [-0.05, 0) is 31.2 Å². The van der Waals surface area contributed by atoms with Gasteiger partial charge in [0.2, 0.25) is 0 Å². The second kappa shape index (κ2) is 10.8. The fourth-order valence-corrected chi connectivity index (χ4v) is 5.34. The zero-order chi connectivity index (χ0) is 29.9. The highest BCUT2D eigenvalue weighted by Crippen LogP contribution is 2.50. The maximum absolute atomic E-state index is 13.4. The second-order valence-corrected chi connectivity index (χ2v) is 10.2. The lowest BCUT2D eigenvalue weighted by Crippen LogP contribution is -2.55. The molecule has 0 aliphatic carbocycles. The van der Waals surface area contributed by atoms with Gasteiger partial charge in [0.15, 0.2) is 11.0 Å². The molecule has 14 nitrogen and oxygen atoms in total. The zero-order valence-electron chi connectivity index (χ0n) is 21.5. The molecule has 0 saturated carbocycles. The predicted octanol–water partition coefficient (Wildman–Crippen LogP) is -1.37. The first kappa shape index (κ1) is 29.2. The van der Waals surface area contributed by atoms with Crippen LogP contribution in [0.15, 0.2) is 39.5 Å².